The van der Waals surface area contributed by atoms with Crippen molar-refractivity contribution in [2.75, 3.05) is 17.6 Å². The molecule has 56 heavy (non-hydrogen) atoms. The second-order valence-corrected chi connectivity index (χ2v) is 13.9. The van der Waals surface area contributed by atoms with Crippen molar-refractivity contribution < 1.29 is 39.0 Å². The number of nitrogens with two attached hydrogens (primary N) is 2. The van der Waals surface area contributed by atoms with Crippen LogP contribution in [0.15, 0.2) is 64.2 Å². The van der Waals surface area contributed by atoms with Gasteiger partial charge in [0.15, 0.2) is 6.10 Å². The van der Waals surface area contributed by atoms with E-state index in [0.29, 0.717) is 6.42 Å². The number of aromatic amines is 2. The highest BCUT2D eigenvalue weighted by molar-refractivity contribution is 5.98. The molecule has 1 aromatic heterocycles. The Balaban J connectivity index is 1.74. The molecule has 0 aliphatic carbocycles. The van der Waals surface area contributed by atoms with E-state index >= 15 is 0 Å². The first-order chi connectivity index (χ1) is 26.4. The Hall–Kier alpha value is -6.34. The number of carboxylic acids is 1. The fourth-order valence-electron chi connectivity index (χ4n) is 5.51. The maximum Gasteiger partial charge on any atom is 0.335 e. The second-order valence-electron chi connectivity index (χ2n) is 13.9. The lowest BCUT2D eigenvalue weighted by Gasteiger charge is -2.29. The number of aromatic carboxylic acids is 1. The molecule has 5 atom stereocenters. The summed E-state index contributed by atoms with van der Waals surface area (Å²) in [5, 5.41) is 33.3. The minimum atomic E-state index is -1.80. The zero-order chi connectivity index (χ0) is 41.7. The summed E-state index contributed by atoms with van der Waals surface area (Å²) in [6.45, 7) is 6.44. The molecule has 302 valence electrons. The number of H-pyrrole nitrogens is 2. The lowest BCUT2D eigenvalue weighted by Crippen LogP contribution is -2.60. The number of hydrogen-bond donors (Lipinski definition) is 11. The number of aryl methyl sites for hydroxylation is 1. The van der Waals surface area contributed by atoms with Gasteiger partial charge in [-0.1, -0.05) is 64.1 Å². The van der Waals surface area contributed by atoms with Gasteiger partial charge in [0.05, 0.1) is 11.6 Å². The summed E-state index contributed by atoms with van der Waals surface area (Å²) in [6, 6.07) is 9.62. The first-order valence-corrected chi connectivity index (χ1v) is 17.8. The van der Waals surface area contributed by atoms with Crippen molar-refractivity contribution in [1.29, 1.82) is 0 Å². The van der Waals surface area contributed by atoms with Crippen molar-refractivity contribution in [1.82, 2.24) is 31.2 Å². The third-order valence-electron chi connectivity index (χ3n) is 8.55. The summed E-state index contributed by atoms with van der Waals surface area (Å²) < 4.78 is 0. The number of rotatable bonds is 19. The summed E-state index contributed by atoms with van der Waals surface area (Å²) in [4.78, 5) is 105. The largest absolute Gasteiger partial charge is 0.478 e. The van der Waals surface area contributed by atoms with Gasteiger partial charge in [0, 0.05) is 12.2 Å². The van der Waals surface area contributed by atoms with Gasteiger partial charge in [-0.15, -0.1) is 0 Å². The van der Waals surface area contributed by atoms with Crippen molar-refractivity contribution in [2.24, 2.45) is 17.6 Å². The molecule has 19 heteroatoms. The average molecular weight is 780 g/mol. The highest BCUT2D eigenvalue weighted by Crippen LogP contribution is 2.15. The minimum Gasteiger partial charge on any atom is -0.478 e. The van der Waals surface area contributed by atoms with Crippen LogP contribution in [0.2, 0.25) is 0 Å². The van der Waals surface area contributed by atoms with Gasteiger partial charge >= 0.3 is 11.7 Å². The Kier molecular flexibility index (Phi) is 16.0. The zero-order valence-corrected chi connectivity index (χ0v) is 31.4. The number of nitrogen functional groups attached to an aromatic ring is 1. The van der Waals surface area contributed by atoms with Crippen LogP contribution >= 0.6 is 0 Å². The number of carbonyl (C=O) groups excluding carboxylic acids is 5. The molecule has 2 aromatic carbocycles. The first-order valence-electron chi connectivity index (χ1n) is 17.8. The van der Waals surface area contributed by atoms with Crippen LogP contribution in [0.3, 0.4) is 0 Å². The molecular weight excluding hydrogens is 730 g/mol. The molecule has 5 amide bonds. The monoisotopic (exact) mass is 779 g/mol. The molecule has 1 heterocycles. The Labute approximate surface area is 321 Å². The zero-order valence-electron chi connectivity index (χ0n) is 31.4. The number of hydrogen-bond acceptors (Lipinski definition) is 11. The van der Waals surface area contributed by atoms with Gasteiger partial charge in [0.2, 0.25) is 17.7 Å². The van der Waals surface area contributed by atoms with Gasteiger partial charge in [-0.05, 0) is 54.9 Å². The predicted octanol–water partition coefficient (Wildman–Crippen LogP) is -0.810. The number of amides is 5. The summed E-state index contributed by atoms with van der Waals surface area (Å²) in [5.41, 5.74) is 9.40. The molecule has 0 aliphatic rings. The molecule has 3 aromatic rings. The van der Waals surface area contributed by atoms with Crippen molar-refractivity contribution in [3.05, 3.63) is 92.3 Å². The standard InChI is InChI=1S/C37H49N9O10/c1-18(2)15-25(43-34(52)27(19(3)4)44-30(48)23(38)17-40-33(51)28-26(39)32(50)46-37(56)45-28)31(49)42-24(14-13-20-9-6-5-7-10-20)29(47)35(53)41-22-12-8-11-21(16-22)36(54)55/h5-12,16,18-19,23-25,27,29,47H,13-15,17,38-39H2,1-4H3,(H,40,51)(H,41,53)(H,42,49)(H,43,52)(H,44,48)(H,54,55)(H2,45,46,50,56)/t23-,24-,25-,27-,29+/m0/s1. The van der Waals surface area contributed by atoms with Gasteiger partial charge in [-0.25, -0.2) is 9.59 Å². The molecule has 3 rings (SSSR count). The van der Waals surface area contributed by atoms with Crippen molar-refractivity contribution in [2.45, 2.75) is 77.2 Å². The van der Waals surface area contributed by atoms with Crippen molar-refractivity contribution in [3.63, 3.8) is 0 Å². The molecule has 13 N–H and O–H groups in total. The lowest BCUT2D eigenvalue weighted by atomic mass is 9.97. The molecule has 0 bridgehead atoms. The number of carbonyl (C=O) groups is 6. The van der Waals surface area contributed by atoms with Crippen LogP contribution in [0.5, 0.6) is 0 Å². The Morgan fingerprint density at radius 1 is 0.821 bits per heavy atom. The van der Waals surface area contributed by atoms with Crippen LogP contribution < -0.4 is 49.3 Å². The normalized spacial score (nSPS) is 13.8. The van der Waals surface area contributed by atoms with Crippen LogP contribution in [0.1, 0.15) is 66.9 Å². The number of benzene rings is 2. The topological polar surface area (TPSA) is 321 Å². The second kappa shape index (κ2) is 20.4. The van der Waals surface area contributed by atoms with Crippen molar-refractivity contribution in [3.8, 4) is 0 Å². The Bertz CT molecular complexity index is 2000. The van der Waals surface area contributed by atoms with Gasteiger partial charge in [0.1, 0.15) is 29.5 Å². The third-order valence-corrected chi connectivity index (χ3v) is 8.55. The van der Waals surface area contributed by atoms with E-state index in [4.69, 9.17) is 11.5 Å². The van der Waals surface area contributed by atoms with E-state index in [1.165, 1.54) is 24.3 Å². The van der Waals surface area contributed by atoms with Gasteiger partial charge in [-0.3, -0.25) is 33.8 Å². The van der Waals surface area contributed by atoms with Crippen LogP contribution in [0.4, 0.5) is 11.4 Å². The van der Waals surface area contributed by atoms with Crippen LogP contribution in [0, 0.1) is 11.8 Å². The van der Waals surface area contributed by atoms with Gasteiger partial charge in [0.25, 0.3) is 17.4 Å². The molecule has 0 aliphatic heterocycles. The summed E-state index contributed by atoms with van der Waals surface area (Å²) in [7, 11) is 0. The SMILES string of the molecule is CC(C)C[C@H](NC(=O)[C@@H](NC(=O)[C@@H](N)CNC(=O)c1[nH]c(=O)[nH]c(=O)c1N)C(C)C)C(=O)N[C@@H](CCc1ccccc1)[C@@H](O)C(=O)Nc1cccc(C(=O)O)c1. The van der Waals surface area contributed by atoms with Gasteiger partial charge < -0.3 is 53.2 Å². The van der Waals surface area contributed by atoms with E-state index in [-0.39, 0.29) is 30.0 Å². The maximum absolute atomic E-state index is 13.9. The molecule has 0 saturated carbocycles. The highest BCUT2D eigenvalue weighted by Gasteiger charge is 2.34. The molecule has 19 nitrogen and oxygen atoms in total. The summed E-state index contributed by atoms with van der Waals surface area (Å²) in [5.74, 6) is -6.05. The number of nitrogens with one attached hydrogen (secondary N) is 7. The third kappa shape index (κ3) is 12.9. The fraction of sp³-hybridized carbons (Fsp3) is 0.405. The maximum atomic E-state index is 13.9. The fourth-order valence-corrected chi connectivity index (χ4v) is 5.51. The Morgan fingerprint density at radius 3 is 2.12 bits per heavy atom. The lowest BCUT2D eigenvalue weighted by molar-refractivity contribution is -0.134. The number of carboxylic acid groups (broad SMARTS) is 1. The van der Waals surface area contributed by atoms with E-state index in [9.17, 15) is 48.6 Å². The quantitative estimate of drug-likeness (QED) is 0.0712. The first kappa shape index (κ1) is 44.1. The number of aliphatic hydroxyl groups is 1. The van der Waals surface area contributed by atoms with Crippen LogP contribution in [0.25, 0.3) is 0 Å². The van der Waals surface area contributed by atoms with E-state index in [1.54, 1.807) is 13.8 Å². The molecule has 0 radical (unpaired) electrons. The highest BCUT2D eigenvalue weighted by atomic mass is 16.4. The molecular formula is C37H49N9O10. The average Bonchev–Trinajstić information content (AvgIpc) is 3.14. The van der Waals surface area contributed by atoms with E-state index in [2.05, 4.69) is 31.6 Å². The van der Waals surface area contributed by atoms with E-state index in [1.807, 2.05) is 49.2 Å². The Morgan fingerprint density at radius 2 is 1.50 bits per heavy atom. The predicted molar refractivity (Wildman–Crippen MR) is 205 cm³/mol. The van der Waals surface area contributed by atoms with Gasteiger partial charge in [-0.2, -0.15) is 0 Å². The molecule has 0 unspecified atom stereocenters. The summed E-state index contributed by atoms with van der Waals surface area (Å²) >= 11 is 0. The van der Waals surface area contributed by atoms with E-state index in [0.717, 1.165) is 5.56 Å². The van der Waals surface area contributed by atoms with E-state index < -0.39 is 101 Å². The van der Waals surface area contributed by atoms with Crippen molar-refractivity contribution >= 4 is 46.9 Å². The van der Waals surface area contributed by atoms with Crippen LogP contribution in [-0.2, 0) is 25.6 Å². The smallest absolute Gasteiger partial charge is 0.335 e. The minimum absolute atomic E-state index is 0.0886. The molecule has 0 spiro atoms. The number of aliphatic hydroxyl groups excluding tert-OH is 1. The number of aromatic nitrogens is 2. The molecule has 0 saturated heterocycles. The molecule has 0 fully saturated rings. The van der Waals surface area contributed by atoms with Crippen LogP contribution in [-0.4, -0.2) is 92.5 Å². The number of anilines is 2. The summed E-state index contributed by atoms with van der Waals surface area (Å²) in [6.07, 6.45) is -1.21.